The second kappa shape index (κ2) is 7.99. The van der Waals surface area contributed by atoms with Crippen molar-refractivity contribution in [2.24, 2.45) is 0 Å². The average molecular weight is 277 g/mol. The molecule has 1 saturated heterocycles. The maximum atomic E-state index is 12.4. The molecule has 1 aromatic rings. The average Bonchev–Trinajstić information content (AvgIpc) is 2.49. The van der Waals surface area contributed by atoms with Crippen LogP contribution in [0.1, 0.15) is 5.56 Å². The van der Waals surface area contributed by atoms with Gasteiger partial charge in [0.05, 0.1) is 13.2 Å². The summed E-state index contributed by atoms with van der Waals surface area (Å²) in [7, 11) is 0. The van der Waals surface area contributed by atoms with Crippen molar-refractivity contribution in [3.63, 3.8) is 0 Å². The van der Waals surface area contributed by atoms with E-state index in [1.54, 1.807) is 4.90 Å². The summed E-state index contributed by atoms with van der Waals surface area (Å²) < 4.78 is 0. The van der Waals surface area contributed by atoms with Gasteiger partial charge >= 0.3 is 0 Å². The molecule has 20 heavy (non-hydrogen) atoms. The summed E-state index contributed by atoms with van der Waals surface area (Å²) in [6.45, 7) is 5.08. The van der Waals surface area contributed by atoms with Crippen molar-refractivity contribution in [2.45, 2.75) is 6.54 Å². The molecule has 0 atom stereocenters. The summed E-state index contributed by atoms with van der Waals surface area (Å²) in [6.07, 6.45) is 0. The Bertz CT molecular complexity index is 405. The van der Waals surface area contributed by atoms with Crippen molar-refractivity contribution in [3.8, 4) is 0 Å². The van der Waals surface area contributed by atoms with Gasteiger partial charge in [-0.3, -0.25) is 9.69 Å². The Morgan fingerprint density at radius 3 is 2.60 bits per heavy atom. The molecule has 0 aliphatic carbocycles. The predicted octanol–water partition coefficient (Wildman–Crippen LogP) is -0.0873. The summed E-state index contributed by atoms with van der Waals surface area (Å²) in [5.41, 5.74) is 1.09. The lowest BCUT2D eigenvalue weighted by Crippen LogP contribution is -2.48. The van der Waals surface area contributed by atoms with Crippen LogP contribution in [0.5, 0.6) is 0 Å². The van der Waals surface area contributed by atoms with Crippen LogP contribution in [-0.4, -0.2) is 66.7 Å². The molecule has 1 aromatic carbocycles. The van der Waals surface area contributed by atoms with Gasteiger partial charge in [-0.05, 0) is 5.56 Å². The molecule has 2 rings (SSSR count). The first-order valence-electron chi connectivity index (χ1n) is 7.15. The van der Waals surface area contributed by atoms with Crippen LogP contribution in [0.25, 0.3) is 0 Å². The maximum Gasteiger partial charge on any atom is 0.237 e. The number of nitrogens with one attached hydrogen (secondary N) is 1. The minimum absolute atomic E-state index is 0.000128. The molecule has 0 spiro atoms. The standard InChI is InChI=1S/C15H23N3O2/c19-11-10-18(12-14-4-2-1-3-5-14)15(20)13-17-8-6-16-7-9-17/h1-5,16,19H,6-13H2. The van der Waals surface area contributed by atoms with Crippen LogP contribution in [0.15, 0.2) is 30.3 Å². The number of carbonyl (C=O) groups is 1. The molecule has 1 heterocycles. The number of nitrogens with zero attached hydrogens (tertiary/aromatic N) is 2. The first kappa shape index (κ1) is 15.0. The topological polar surface area (TPSA) is 55.8 Å². The first-order chi connectivity index (χ1) is 9.79. The van der Waals surface area contributed by atoms with Crippen LogP contribution in [0.3, 0.4) is 0 Å². The Morgan fingerprint density at radius 1 is 1.25 bits per heavy atom. The monoisotopic (exact) mass is 277 g/mol. The zero-order chi connectivity index (χ0) is 14.2. The molecule has 1 aliphatic heterocycles. The van der Waals surface area contributed by atoms with E-state index in [0.29, 0.717) is 19.6 Å². The molecular weight excluding hydrogens is 254 g/mol. The van der Waals surface area contributed by atoms with Gasteiger partial charge in [0.25, 0.3) is 0 Å². The Morgan fingerprint density at radius 2 is 1.95 bits per heavy atom. The van der Waals surface area contributed by atoms with Gasteiger partial charge in [0, 0.05) is 39.3 Å². The van der Waals surface area contributed by atoms with E-state index >= 15 is 0 Å². The van der Waals surface area contributed by atoms with Crippen molar-refractivity contribution in [1.29, 1.82) is 0 Å². The fourth-order valence-corrected chi connectivity index (χ4v) is 2.38. The lowest BCUT2D eigenvalue weighted by molar-refractivity contribution is -0.133. The highest BCUT2D eigenvalue weighted by atomic mass is 16.3. The third-order valence-corrected chi connectivity index (χ3v) is 3.51. The minimum atomic E-state index is 0.000128. The van der Waals surface area contributed by atoms with Gasteiger partial charge in [-0.25, -0.2) is 0 Å². The van der Waals surface area contributed by atoms with Crippen molar-refractivity contribution in [3.05, 3.63) is 35.9 Å². The molecule has 0 saturated carbocycles. The second-order valence-corrected chi connectivity index (χ2v) is 5.05. The van der Waals surface area contributed by atoms with Gasteiger partial charge in [0.2, 0.25) is 5.91 Å². The lowest BCUT2D eigenvalue weighted by atomic mass is 10.2. The third kappa shape index (κ3) is 4.59. The van der Waals surface area contributed by atoms with E-state index in [1.165, 1.54) is 0 Å². The molecule has 5 heteroatoms. The van der Waals surface area contributed by atoms with Crippen molar-refractivity contribution >= 4 is 5.91 Å². The Hall–Kier alpha value is -1.43. The number of hydrogen-bond acceptors (Lipinski definition) is 4. The first-order valence-corrected chi connectivity index (χ1v) is 7.15. The molecule has 0 unspecified atom stereocenters. The van der Waals surface area contributed by atoms with Gasteiger partial charge in [0.1, 0.15) is 0 Å². The van der Waals surface area contributed by atoms with Crippen LogP contribution in [0.4, 0.5) is 0 Å². The molecule has 1 aliphatic rings. The van der Waals surface area contributed by atoms with Gasteiger partial charge < -0.3 is 15.3 Å². The molecule has 1 fully saturated rings. The van der Waals surface area contributed by atoms with Gasteiger partial charge in [0.15, 0.2) is 0 Å². The quantitative estimate of drug-likeness (QED) is 0.763. The van der Waals surface area contributed by atoms with E-state index < -0.39 is 0 Å². The second-order valence-electron chi connectivity index (χ2n) is 5.05. The summed E-state index contributed by atoms with van der Waals surface area (Å²) >= 11 is 0. The van der Waals surface area contributed by atoms with Gasteiger partial charge in [-0.2, -0.15) is 0 Å². The summed E-state index contributed by atoms with van der Waals surface area (Å²) in [4.78, 5) is 16.3. The fourth-order valence-electron chi connectivity index (χ4n) is 2.38. The summed E-state index contributed by atoms with van der Waals surface area (Å²) in [6, 6.07) is 9.90. The molecule has 1 amide bonds. The number of amides is 1. The minimum Gasteiger partial charge on any atom is -0.395 e. The number of carbonyl (C=O) groups excluding carboxylic acids is 1. The van der Waals surface area contributed by atoms with E-state index in [1.807, 2.05) is 30.3 Å². The normalized spacial score (nSPS) is 16.1. The number of rotatable bonds is 6. The molecule has 110 valence electrons. The van der Waals surface area contributed by atoms with E-state index in [2.05, 4.69) is 10.2 Å². The van der Waals surface area contributed by atoms with E-state index in [0.717, 1.165) is 31.7 Å². The van der Waals surface area contributed by atoms with Crippen molar-refractivity contribution in [2.75, 3.05) is 45.9 Å². The summed E-state index contributed by atoms with van der Waals surface area (Å²) in [5, 5.41) is 12.4. The molecule has 0 radical (unpaired) electrons. The number of piperazine rings is 1. The van der Waals surface area contributed by atoms with Gasteiger partial charge in [-0.1, -0.05) is 30.3 Å². The lowest BCUT2D eigenvalue weighted by Gasteiger charge is -2.29. The number of aliphatic hydroxyl groups is 1. The van der Waals surface area contributed by atoms with E-state index in [9.17, 15) is 4.79 Å². The predicted molar refractivity (Wildman–Crippen MR) is 78.3 cm³/mol. The smallest absolute Gasteiger partial charge is 0.237 e. The number of aliphatic hydroxyl groups excluding tert-OH is 1. The van der Waals surface area contributed by atoms with Crippen LogP contribution in [0.2, 0.25) is 0 Å². The van der Waals surface area contributed by atoms with Crippen LogP contribution in [0, 0.1) is 0 Å². The van der Waals surface area contributed by atoms with Crippen LogP contribution in [-0.2, 0) is 11.3 Å². The fraction of sp³-hybridized carbons (Fsp3) is 0.533. The molecule has 5 nitrogen and oxygen atoms in total. The maximum absolute atomic E-state index is 12.4. The zero-order valence-corrected chi connectivity index (χ0v) is 11.8. The Balaban J connectivity index is 1.91. The Labute approximate surface area is 120 Å². The highest BCUT2D eigenvalue weighted by Crippen LogP contribution is 2.05. The number of benzene rings is 1. The van der Waals surface area contributed by atoms with Gasteiger partial charge in [-0.15, -0.1) is 0 Å². The number of hydrogen-bond donors (Lipinski definition) is 2. The van der Waals surface area contributed by atoms with E-state index in [-0.39, 0.29) is 12.5 Å². The van der Waals surface area contributed by atoms with Crippen molar-refractivity contribution < 1.29 is 9.90 Å². The SMILES string of the molecule is O=C(CN1CCNCC1)N(CCO)Cc1ccccc1. The molecule has 2 N–H and O–H groups in total. The zero-order valence-electron chi connectivity index (χ0n) is 11.8. The van der Waals surface area contributed by atoms with Crippen molar-refractivity contribution in [1.82, 2.24) is 15.1 Å². The highest BCUT2D eigenvalue weighted by molar-refractivity contribution is 5.78. The Kier molecular flexibility index (Phi) is 5.98. The van der Waals surface area contributed by atoms with Crippen LogP contribution >= 0.6 is 0 Å². The molecule has 0 aromatic heterocycles. The van der Waals surface area contributed by atoms with E-state index in [4.69, 9.17) is 5.11 Å². The van der Waals surface area contributed by atoms with Crippen LogP contribution < -0.4 is 5.32 Å². The molecule has 0 bridgehead atoms. The third-order valence-electron chi connectivity index (χ3n) is 3.51. The summed E-state index contributed by atoms with van der Waals surface area (Å²) in [5.74, 6) is 0.0878. The largest absolute Gasteiger partial charge is 0.395 e. The molecular formula is C15H23N3O2. The highest BCUT2D eigenvalue weighted by Gasteiger charge is 2.18.